The topological polar surface area (TPSA) is 66.4 Å². The number of hydrogen-bond acceptors (Lipinski definition) is 4. The van der Waals surface area contributed by atoms with Crippen molar-refractivity contribution in [1.29, 1.82) is 0 Å². The smallest absolute Gasteiger partial charge is 0.232 e. The van der Waals surface area contributed by atoms with Gasteiger partial charge in [-0.1, -0.05) is 12.1 Å². The normalized spacial score (nSPS) is 15.9. The van der Waals surface area contributed by atoms with Crippen LogP contribution in [0.4, 0.5) is 5.69 Å². The zero-order valence-electron chi connectivity index (χ0n) is 15.4. The third-order valence-electron chi connectivity index (χ3n) is 4.95. The summed E-state index contributed by atoms with van der Waals surface area (Å²) in [7, 11) is 0. The van der Waals surface area contributed by atoms with Crippen molar-refractivity contribution in [2.45, 2.75) is 12.2 Å². The fraction of sp³-hybridized carbons (Fsp3) is 0.350. The van der Waals surface area contributed by atoms with Gasteiger partial charge in [-0.15, -0.1) is 11.8 Å². The minimum Gasteiger partial charge on any atom is -0.368 e. The van der Waals surface area contributed by atoms with Gasteiger partial charge in [-0.25, -0.2) is 9.97 Å². The van der Waals surface area contributed by atoms with E-state index in [2.05, 4.69) is 38.9 Å². The number of nitrogens with one attached hydrogen (secondary N) is 2. The largest absolute Gasteiger partial charge is 0.368 e. The minimum absolute atomic E-state index is 0.156. The highest BCUT2D eigenvalue weighted by atomic mass is 32.2. The van der Waals surface area contributed by atoms with E-state index in [1.807, 2.05) is 41.6 Å². The predicted octanol–water partition coefficient (Wildman–Crippen LogP) is 2.52. The Bertz CT molecular complexity index is 872. The molecule has 1 saturated heterocycles. The second-order valence-electron chi connectivity index (χ2n) is 6.72. The number of anilines is 1. The van der Waals surface area contributed by atoms with E-state index in [4.69, 9.17) is 0 Å². The zero-order valence-corrected chi connectivity index (χ0v) is 16.2. The van der Waals surface area contributed by atoms with Crippen molar-refractivity contribution in [2.75, 3.05) is 36.8 Å². The monoisotopic (exact) mass is 382 g/mol. The molecule has 3 aromatic rings. The molecule has 2 aromatic heterocycles. The van der Waals surface area contributed by atoms with Crippen molar-refractivity contribution in [2.24, 2.45) is 0 Å². The third-order valence-corrected chi connectivity index (χ3v) is 6.08. The lowest BCUT2D eigenvalue weighted by atomic mass is 10.2. The van der Waals surface area contributed by atoms with Crippen molar-refractivity contribution >= 4 is 34.4 Å². The van der Waals surface area contributed by atoms with Gasteiger partial charge < -0.3 is 14.8 Å². The molecule has 1 aliphatic heterocycles. The molecular formula is C20H24N5OS+. The zero-order chi connectivity index (χ0) is 18.6. The van der Waals surface area contributed by atoms with Crippen LogP contribution in [0.25, 0.3) is 11.0 Å². The number of fused-ring (bicyclic) bond motifs is 1. The highest BCUT2D eigenvalue weighted by Crippen LogP contribution is 2.28. The number of hydrogen-bond donors (Lipinski definition) is 1. The van der Waals surface area contributed by atoms with E-state index >= 15 is 0 Å². The highest BCUT2D eigenvalue weighted by Gasteiger charge is 2.22. The van der Waals surface area contributed by atoms with E-state index in [1.165, 1.54) is 5.69 Å². The van der Waals surface area contributed by atoms with Gasteiger partial charge in [0.2, 0.25) is 5.91 Å². The SMILES string of the molecule is C[C@H](SCC(=O)N1CCN(c2cc[nH+]cc2)CC1)c1nc2ccccc2[nH]1. The molecule has 6 nitrogen and oxygen atoms in total. The molecule has 0 spiro atoms. The van der Waals surface area contributed by atoms with E-state index in [0.29, 0.717) is 5.75 Å². The lowest BCUT2D eigenvalue weighted by molar-refractivity contribution is -0.377. The van der Waals surface area contributed by atoms with Crippen LogP contribution in [0.1, 0.15) is 18.0 Å². The number of imidazole rings is 1. The summed E-state index contributed by atoms with van der Waals surface area (Å²) in [6.07, 6.45) is 3.87. The van der Waals surface area contributed by atoms with Crippen molar-refractivity contribution in [3.63, 3.8) is 0 Å². The fourth-order valence-electron chi connectivity index (χ4n) is 3.33. The van der Waals surface area contributed by atoms with E-state index in [9.17, 15) is 4.79 Å². The van der Waals surface area contributed by atoms with Crippen LogP contribution in [-0.4, -0.2) is 52.7 Å². The second kappa shape index (κ2) is 8.00. The number of carbonyl (C=O) groups is 1. The van der Waals surface area contributed by atoms with Crippen LogP contribution in [0.2, 0.25) is 0 Å². The van der Waals surface area contributed by atoms with Gasteiger partial charge in [0, 0.05) is 44.0 Å². The average Bonchev–Trinajstić information content (AvgIpc) is 3.17. The molecule has 0 unspecified atom stereocenters. The summed E-state index contributed by atoms with van der Waals surface area (Å²) in [5.74, 6) is 1.63. The summed E-state index contributed by atoms with van der Waals surface area (Å²) in [5, 5.41) is 0.156. The van der Waals surface area contributed by atoms with Gasteiger partial charge in [0.05, 0.1) is 22.0 Å². The van der Waals surface area contributed by atoms with Gasteiger partial charge in [0.15, 0.2) is 12.4 Å². The number of aromatic amines is 2. The Morgan fingerprint density at radius 3 is 2.67 bits per heavy atom. The number of rotatable bonds is 5. The molecule has 3 heterocycles. The van der Waals surface area contributed by atoms with Crippen LogP contribution in [0.15, 0.2) is 48.8 Å². The maximum Gasteiger partial charge on any atom is 0.232 e. The molecule has 4 rings (SSSR count). The average molecular weight is 383 g/mol. The highest BCUT2D eigenvalue weighted by molar-refractivity contribution is 8.00. The Morgan fingerprint density at radius 1 is 1.19 bits per heavy atom. The van der Waals surface area contributed by atoms with Crippen molar-refractivity contribution in [3.05, 3.63) is 54.6 Å². The third kappa shape index (κ3) is 4.08. The van der Waals surface area contributed by atoms with Crippen LogP contribution in [0.5, 0.6) is 0 Å². The summed E-state index contributed by atoms with van der Waals surface area (Å²) < 4.78 is 0. The van der Waals surface area contributed by atoms with E-state index in [0.717, 1.165) is 43.0 Å². The molecule has 27 heavy (non-hydrogen) atoms. The summed E-state index contributed by atoms with van der Waals surface area (Å²) in [6.45, 7) is 5.40. The maximum absolute atomic E-state index is 12.6. The molecule has 140 valence electrons. The van der Waals surface area contributed by atoms with Gasteiger partial charge >= 0.3 is 0 Å². The number of benzene rings is 1. The lowest BCUT2D eigenvalue weighted by Gasteiger charge is -2.35. The lowest BCUT2D eigenvalue weighted by Crippen LogP contribution is -2.49. The fourth-order valence-corrected chi connectivity index (χ4v) is 4.18. The first kappa shape index (κ1) is 17.9. The van der Waals surface area contributed by atoms with E-state index in [1.54, 1.807) is 11.8 Å². The van der Waals surface area contributed by atoms with Crippen LogP contribution >= 0.6 is 11.8 Å². The maximum atomic E-state index is 12.6. The number of para-hydroxylation sites is 2. The van der Waals surface area contributed by atoms with Crippen LogP contribution in [0, 0.1) is 0 Å². The first-order valence-electron chi connectivity index (χ1n) is 9.26. The van der Waals surface area contributed by atoms with E-state index in [-0.39, 0.29) is 11.2 Å². The molecule has 1 aliphatic rings. The number of pyridine rings is 1. The molecule has 1 atom stereocenters. The quantitative estimate of drug-likeness (QED) is 0.736. The number of thioether (sulfide) groups is 1. The van der Waals surface area contributed by atoms with Gasteiger partial charge in [0.25, 0.3) is 0 Å². The molecule has 1 aromatic carbocycles. The number of amides is 1. The summed E-state index contributed by atoms with van der Waals surface area (Å²) in [5.41, 5.74) is 3.22. The molecule has 1 fully saturated rings. The molecule has 1 amide bonds. The number of piperazine rings is 1. The van der Waals surface area contributed by atoms with Crippen molar-refractivity contribution in [3.8, 4) is 0 Å². The Hall–Kier alpha value is -2.54. The van der Waals surface area contributed by atoms with Crippen molar-refractivity contribution < 1.29 is 9.78 Å². The molecule has 0 radical (unpaired) electrons. The molecular weight excluding hydrogens is 358 g/mol. The molecule has 0 saturated carbocycles. The Kier molecular flexibility index (Phi) is 5.29. The molecule has 7 heteroatoms. The molecule has 0 aliphatic carbocycles. The van der Waals surface area contributed by atoms with Gasteiger partial charge in [-0.05, 0) is 19.1 Å². The van der Waals surface area contributed by atoms with Gasteiger partial charge in [-0.2, -0.15) is 0 Å². The number of H-pyrrole nitrogens is 2. The van der Waals surface area contributed by atoms with E-state index < -0.39 is 0 Å². The number of aromatic nitrogens is 3. The first-order chi connectivity index (χ1) is 13.2. The number of carbonyl (C=O) groups excluding carboxylic acids is 1. The van der Waals surface area contributed by atoms with Crippen LogP contribution in [0.3, 0.4) is 0 Å². The van der Waals surface area contributed by atoms with Gasteiger partial charge in [0.1, 0.15) is 5.82 Å². The molecule has 0 bridgehead atoms. The predicted molar refractivity (Wildman–Crippen MR) is 109 cm³/mol. The Labute approximate surface area is 163 Å². The Morgan fingerprint density at radius 2 is 1.93 bits per heavy atom. The van der Waals surface area contributed by atoms with Crippen molar-refractivity contribution in [1.82, 2.24) is 14.9 Å². The molecule has 2 N–H and O–H groups in total. The second-order valence-corrected chi connectivity index (χ2v) is 8.05. The summed E-state index contributed by atoms with van der Waals surface area (Å²) in [4.78, 5) is 27.9. The van der Waals surface area contributed by atoms with Crippen LogP contribution in [-0.2, 0) is 4.79 Å². The van der Waals surface area contributed by atoms with Crippen LogP contribution < -0.4 is 9.88 Å². The standard InChI is InChI=1S/C20H23N5OS/c1-15(20-22-17-4-2-3-5-18(17)23-20)27-14-19(26)25-12-10-24(11-13-25)16-6-8-21-9-7-16/h2-9,15H,10-14H2,1H3,(H,22,23)/p+1/t15-/m0/s1. The first-order valence-corrected chi connectivity index (χ1v) is 10.3. The van der Waals surface area contributed by atoms with Gasteiger partial charge in [-0.3, -0.25) is 4.79 Å². The number of nitrogens with zero attached hydrogens (tertiary/aromatic N) is 3. The Balaban J connectivity index is 1.28. The summed E-state index contributed by atoms with van der Waals surface area (Å²) in [6, 6.07) is 12.2. The minimum atomic E-state index is 0.156. The summed E-state index contributed by atoms with van der Waals surface area (Å²) >= 11 is 1.64.